The lowest BCUT2D eigenvalue weighted by Gasteiger charge is -2.02. The highest BCUT2D eigenvalue weighted by Crippen LogP contribution is 2.25. The highest BCUT2D eigenvalue weighted by atomic mass is 127. The minimum absolute atomic E-state index is 0.176. The zero-order chi connectivity index (χ0) is 13.7. The quantitative estimate of drug-likeness (QED) is 0.516. The molecule has 4 aromatic rings. The number of hydrogen-bond acceptors (Lipinski definition) is 5. The van der Waals surface area contributed by atoms with Gasteiger partial charge in [-0.1, -0.05) is 6.07 Å². The molecule has 6 nitrogen and oxygen atoms in total. The lowest BCUT2D eigenvalue weighted by atomic mass is 10.1. The Bertz CT molecular complexity index is 942. The number of nitrogens with zero attached hydrogens (tertiary/aromatic N) is 4. The molecule has 0 aliphatic heterocycles. The van der Waals surface area contributed by atoms with Crippen LogP contribution in [0.15, 0.2) is 41.2 Å². The van der Waals surface area contributed by atoms with Gasteiger partial charge in [-0.05, 0) is 40.3 Å². The normalized spacial score (nSPS) is 11.4. The van der Waals surface area contributed by atoms with E-state index < -0.39 is 0 Å². The third-order valence-electron chi connectivity index (χ3n) is 3.06. The van der Waals surface area contributed by atoms with Crippen LogP contribution in [0.2, 0.25) is 0 Å². The van der Waals surface area contributed by atoms with Gasteiger partial charge in [0.25, 0.3) is 6.01 Å². The Morgan fingerprint density at radius 3 is 2.90 bits per heavy atom. The molecule has 0 saturated heterocycles. The van der Waals surface area contributed by atoms with Gasteiger partial charge < -0.3 is 10.2 Å². The van der Waals surface area contributed by atoms with Gasteiger partial charge in [-0.3, -0.25) is 4.40 Å². The van der Waals surface area contributed by atoms with Gasteiger partial charge in [-0.15, -0.1) is 0 Å². The van der Waals surface area contributed by atoms with E-state index in [1.54, 1.807) is 12.4 Å². The number of nitrogens with two attached hydrogens (primary N) is 1. The number of benzene rings is 1. The molecule has 4 rings (SSSR count). The molecule has 0 bridgehead atoms. The van der Waals surface area contributed by atoms with E-state index in [-0.39, 0.29) is 6.01 Å². The molecule has 0 saturated carbocycles. The molecule has 0 spiro atoms. The smallest absolute Gasteiger partial charge is 0.292 e. The van der Waals surface area contributed by atoms with E-state index in [0.29, 0.717) is 11.4 Å². The number of anilines is 1. The second-order valence-electron chi connectivity index (χ2n) is 4.33. The van der Waals surface area contributed by atoms with Gasteiger partial charge in [0.15, 0.2) is 5.58 Å². The molecule has 0 unspecified atom stereocenters. The fourth-order valence-corrected chi connectivity index (χ4v) is 2.61. The summed E-state index contributed by atoms with van der Waals surface area (Å²) in [6.07, 6.45) is 5.58. The second kappa shape index (κ2) is 4.17. The molecule has 7 heteroatoms. The second-order valence-corrected chi connectivity index (χ2v) is 5.43. The van der Waals surface area contributed by atoms with Crippen LogP contribution in [-0.2, 0) is 0 Å². The third-order valence-corrected chi connectivity index (χ3v) is 3.86. The molecule has 1 aromatic carbocycles. The molecule has 0 radical (unpaired) electrons. The summed E-state index contributed by atoms with van der Waals surface area (Å²) in [4.78, 5) is 12.7. The van der Waals surface area contributed by atoms with E-state index >= 15 is 0 Å². The molecule has 0 aliphatic carbocycles. The van der Waals surface area contributed by atoms with E-state index in [4.69, 9.17) is 10.2 Å². The van der Waals surface area contributed by atoms with E-state index in [0.717, 1.165) is 20.3 Å². The predicted octanol–water partition coefficient (Wildman–Crippen LogP) is 2.72. The van der Waals surface area contributed by atoms with Crippen LogP contribution in [0.1, 0.15) is 0 Å². The molecule has 0 amide bonds. The number of rotatable bonds is 1. The number of halogens is 1. The van der Waals surface area contributed by atoms with E-state index in [9.17, 15) is 0 Å². The number of imidazole rings is 1. The van der Waals surface area contributed by atoms with Gasteiger partial charge in [0.2, 0.25) is 5.78 Å². The number of nitrogen functional groups attached to an aromatic ring is 1. The van der Waals surface area contributed by atoms with Crippen molar-refractivity contribution in [2.24, 2.45) is 0 Å². The monoisotopic (exact) mass is 377 g/mol. The molecule has 2 N–H and O–H groups in total. The Kier molecular flexibility index (Phi) is 2.43. The highest BCUT2D eigenvalue weighted by molar-refractivity contribution is 14.1. The Hall–Kier alpha value is -2.16. The lowest BCUT2D eigenvalue weighted by Crippen LogP contribution is -1.92. The standard InChI is InChI=1S/C13H8IN5O/c14-11-5-17-13-16-4-8(6-19(11)13)7-1-2-10-9(3-7)18-12(15)20-10/h1-6H,(H2,15,18). The predicted molar refractivity (Wildman–Crippen MR) is 83.1 cm³/mol. The van der Waals surface area contributed by atoms with Gasteiger partial charge in [-0.25, -0.2) is 9.97 Å². The Labute approximate surface area is 126 Å². The first-order valence-electron chi connectivity index (χ1n) is 5.86. The molecule has 0 aliphatic rings. The first kappa shape index (κ1) is 11.6. The fraction of sp³-hybridized carbons (Fsp3) is 0. The summed E-state index contributed by atoms with van der Waals surface area (Å²) in [6.45, 7) is 0. The molecule has 0 atom stereocenters. The van der Waals surface area contributed by atoms with Crippen LogP contribution in [0.3, 0.4) is 0 Å². The summed E-state index contributed by atoms with van der Waals surface area (Å²) in [5.74, 6) is 0.685. The van der Waals surface area contributed by atoms with Crippen molar-refractivity contribution in [3.05, 3.63) is 40.5 Å². The average molecular weight is 377 g/mol. The van der Waals surface area contributed by atoms with Gasteiger partial charge in [0.1, 0.15) is 9.22 Å². The zero-order valence-electron chi connectivity index (χ0n) is 10.1. The summed E-state index contributed by atoms with van der Waals surface area (Å²) in [5, 5.41) is 0. The average Bonchev–Trinajstić information content (AvgIpc) is 3.00. The fourth-order valence-electron chi connectivity index (χ4n) is 2.12. The minimum Gasteiger partial charge on any atom is -0.424 e. The topological polar surface area (TPSA) is 82.2 Å². The highest BCUT2D eigenvalue weighted by Gasteiger charge is 2.08. The van der Waals surface area contributed by atoms with Crippen LogP contribution in [0, 0.1) is 3.70 Å². The van der Waals surface area contributed by atoms with Gasteiger partial charge in [-0.2, -0.15) is 4.98 Å². The summed E-state index contributed by atoms with van der Waals surface area (Å²) >= 11 is 2.22. The van der Waals surface area contributed by atoms with Gasteiger partial charge in [0, 0.05) is 18.0 Å². The van der Waals surface area contributed by atoms with Crippen LogP contribution < -0.4 is 5.73 Å². The Balaban J connectivity index is 1.92. The molecule has 3 heterocycles. The van der Waals surface area contributed by atoms with Crippen LogP contribution >= 0.6 is 22.6 Å². The number of oxazole rings is 1. The maximum atomic E-state index is 5.56. The maximum absolute atomic E-state index is 5.56. The van der Waals surface area contributed by atoms with Crippen molar-refractivity contribution < 1.29 is 4.42 Å². The van der Waals surface area contributed by atoms with Crippen molar-refractivity contribution in [1.82, 2.24) is 19.4 Å². The van der Waals surface area contributed by atoms with Gasteiger partial charge in [0.05, 0.1) is 6.20 Å². The molecule has 0 fully saturated rings. The Morgan fingerprint density at radius 1 is 1.15 bits per heavy atom. The van der Waals surface area contributed by atoms with Crippen molar-refractivity contribution in [2.75, 3.05) is 5.73 Å². The van der Waals surface area contributed by atoms with Crippen LogP contribution in [0.4, 0.5) is 6.01 Å². The summed E-state index contributed by atoms with van der Waals surface area (Å²) < 4.78 is 8.22. The van der Waals surface area contributed by atoms with Crippen molar-refractivity contribution in [3.63, 3.8) is 0 Å². The van der Waals surface area contributed by atoms with Crippen molar-refractivity contribution in [2.45, 2.75) is 0 Å². The largest absolute Gasteiger partial charge is 0.424 e. The molecule has 98 valence electrons. The number of hydrogen-bond donors (Lipinski definition) is 1. The summed E-state index contributed by atoms with van der Waals surface area (Å²) in [6, 6.07) is 5.92. The van der Waals surface area contributed by atoms with Crippen molar-refractivity contribution >= 4 is 45.5 Å². The molecule has 3 aromatic heterocycles. The zero-order valence-corrected chi connectivity index (χ0v) is 12.3. The maximum Gasteiger partial charge on any atom is 0.292 e. The third kappa shape index (κ3) is 1.73. The van der Waals surface area contributed by atoms with Crippen LogP contribution in [-0.4, -0.2) is 19.4 Å². The van der Waals surface area contributed by atoms with E-state index in [1.165, 1.54) is 0 Å². The summed E-state index contributed by atoms with van der Waals surface area (Å²) in [5.41, 5.74) is 8.96. The first-order valence-corrected chi connectivity index (χ1v) is 6.93. The van der Waals surface area contributed by atoms with Gasteiger partial charge >= 0.3 is 0 Å². The SMILES string of the molecule is Nc1nc2cc(-c3cnc4ncc(I)n4c3)ccc2o1. The summed E-state index contributed by atoms with van der Waals surface area (Å²) in [7, 11) is 0. The first-order chi connectivity index (χ1) is 9.70. The lowest BCUT2D eigenvalue weighted by molar-refractivity contribution is 0.626. The van der Waals surface area contributed by atoms with Crippen molar-refractivity contribution in [3.8, 4) is 11.1 Å². The van der Waals surface area contributed by atoms with E-state index in [2.05, 4.69) is 37.5 Å². The molecular weight excluding hydrogens is 369 g/mol. The number of aromatic nitrogens is 4. The van der Waals surface area contributed by atoms with Crippen molar-refractivity contribution in [1.29, 1.82) is 0 Å². The van der Waals surface area contributed by atoms with E-state index in [1.807, 2.05) is 28.8 Å². The molecule has 20 heavy (non-hydrogen) atoms. The minimum atomic E-state index is 0.176. The number of fused-ring (bicyclic) bond motifs is 2. The van der Waals surface area contributed by atoms with Crippen LogP contribution in [0.25, 0.3) is 28.0 Å². The Morgan fingerprint density at radius 2 is 2.00 bits per heavy atom. The van der Waals surface area contributed by atoms with Crippen LogP contribution in [0.5, 0.6) is 0 Å². The molecular formula is C13H8IN5O.